The van der Waals surface area contributed by atoms with E-state index < -0.39 is 0 Å². The van der Waals surface area contributed by atoms with Crippen molar-refractivity contribution in [2.24, 2.45) is 5.41 Å². The minimum Gasteiger partial charge on any atom is -0.445 e. The van der Waals surface area contributed by atoms with Gasteiger partial charge in [0.15, 0.2) is 0 Å². The summed E-state index contributed by atoms with van der Waals surface area (Å²) in [7, 11) is 0. The second kappa shape index (κ2) is 7.49. The van der Waals surface area contributed by atoms with Crippen LogP contribution in [0.2, 0.25) is 0 Å². The maximum atomic E-state index is 12.4. The molecule has 1 atom stereocenters. The van der Waals surface area contributed by atoms with E-state index in [9.17, 15) is 4.79 Å². The Hall–Kier alpha value is -2.33. The number of nitrogens with zero attached hydrogens (tertiary/aromatic N) is 2. The molecule has 0 aromatic heterocycles. The van der Waals surface area contributed by atoms with Crippen LogP contribution in [0.4, 0.5) is 4.79 Å². The predicted molar refractivity (Wildman–Crippen MR) is 114 cm³/mol. The molecule has 1 amide bonds. The van der Waals surface area contributed by atoms with Crippen molar-refractivity contribution >= 4 is 6.09 Å². The Morgan fingerprint density at radius 2 is 1.86 bits per heavy atom. The average molecular weight is 391 g/mol. The van der Waals surface area contributed by atoms with Crippen LogP contribution in [0.5, 0.6) is 0 Å². The number of carbonyl (C=O) groups is 1. The van der Waals surface area contributed by atoms with E-state index in [0.29, 0.717) is 18.1 Å². The van der Waals surface area contributed by atoms with E-state index in [4.69, 9.17) is 4.74 Å². The molecule has 29 heavy (non-hydrogen) atoms. The van der Waals surface area contributed by atoms with Crippen LogP contribution in [-0.4, -0.2) is 42.1 Å². The van der Waals surface area contributed by atoms with Crippen molar-refractivity contribution in [2.75, 3.05) is 26.2 Å². The molecule has 4 heteroatoms. The molecule has 1 aliphatic carbocycles. The second-order valence-electron chi connectivity index (χ2n) is 9.19. The molecular weight excluding hydrogens is 360 g/mol. The van der Waals surface area contributed by atoms with Gasteiger partial charge in [-0.05, 0) is 54.7 Å². The summed E-state index contributed by atoms with van der Waals surface area (Å²) in [4.78, 5) is 17.0. The zero-order valence-corrected chi connectivity index (χ0v) is 17.3. The van der Waals surface area contributed by atoms with E-state index in [2.05, 4.69) is 30.0 Å². The molecule has 2 heterocycles. The van der Waals surface area contributed by atoms with Crippen molar-refractivity contribution in [3.8, 4) is 0 Å². The Balaban J connectivity index is 1.11. The van der Waals surface area contributed by atoms with E-state index >= 15 is 0 Å². The zero-order chi connectivity index (χ0) is 19.8. The van der Waals surface area contributed by atoms with E-state index in [1.165, 1.54) is 31.5 Å². The fraction of sp³-hybridized carbons (Fsp3) is 0.480. The van der Waals surface area contributed by atoms with E-state index in [0.717, 1.165) is 31.5 Å². The van der Waals surface area contributed by atoms with Crippen LogP contribution < -0.4 is 0 Å². The lowest BCUT2D eigenvalue weighted by Gasteiger charge is -2.56. The van der Waals surface area contributed by atoms with Gasteiger partial charge in [0.2, 0.25) is 0 Å². The van der Waals surface area contributed by atoms with Gasteiger partial charge in [-0.15, -0.1) is 0 Å². The maximum Gasteiger partial charge on any atom is 0.410 e. The molecule has 5 rings (SSSR count). The molecule has 1 spiro atoms. The van der Waals surface area contributed by atoms with Gasteiger partial charge in [0.05, 0.1) is 0 Å². The summed E-state index contributed by atoms with van der Waals surface area (Å²) in [5.41, 5.74) is 5.91. The number of amides is 1. The number of benzene rings is 2. The minimum absolute atomic E-state index is 0.167. The topological polar surface area (TPSA) is 32.8 Å². The normalized spacial score (nSPS) is 22.9. The van der Waals surface area contributed by atoms with Crippen LogP contribution in [0, 0.1) is 12.3 Å². The number of aryl methyl sites for hydroxylation is 2. The zero-order valence-electron chi connectivity index (χ0n) is 17.3. The van der Waals surface area contributed by atoms with Crippen LogP contribution >= 0.6 is 0 Å². The third kappa shape index (κ3) is 3.66. The van der Waals surface area contributed by atoms with Crippen molar-refractivity contribution in [1.82, 2.24) is 9.80 Å². The maximum absolute atomic E-state index is 12.4. The molecule has 0 bridgehead atoms. The van der Waals surface area contributed by atoms with Gasteiger partial charge >= 0.3 is 6.09 Å². The third-order valence-corrected chi connectivity index (χ3v) is 7.15. The number of piperidine rings is 1. The van der Waals surface area contributed by atoms with Crippen LogP contribution in [-0.2, 0) is 17.8 Å². The summed E-state index contributed by atoms with van der Waals surface area (Å²) in [6, 6.07) is 17.5. The van der Waals surface area contributed by atoms with Crippen molar-refractivity contribution in [2.45, 2.75) is 45.3 Å². The summed E-state index contributed by atoms with van der Waals surface area (Å²) >= 11 is 0. The fourth-order valence-electron chi connectivity index (χ4n) is 5.43. The molecule has 2 saturated heterocycles. The van der Waals surface area contributed by atoms with Gasteiger partial charge < -0.3 is 9.64 Å². The SMILES string of the molecule is Cc1ccc2c(c1)CCC2N1CC2(CCN(C(=O)OCc3ccccc3)CC2)C1. The first-order valence-corrected chi connectivity index (χ1v) is 10.9. The Bertz CT molecular complexity index is 879. The summed E-state index contributed by atoms with van der Waals surface area (Å²) in [6.07, 6.45) is 4.49. The van der Waals surface area contributed by atoms with Gasteiger partial charge in [-0.3, -0.25) is 4.90 Å². The van der Waals surface area contributed by atoms with E-state index in [-0.39, 0.29) is 6.09 Å². The van der Waals surface area contributed by atoms with E-state index in [1.807, 2.05) is 35.2 Å². The van der Waals surface area contributed by atoms with E-state index in [1.54, 1.807) is 11.1 Å². The first kappa shape index (κ1) is 18.7. The minimum atomic E-state index is -0.167. The molecular formula is C25H30N2O2. The molecule has 4 nitrogen and oxygen atoms in total. The van der Waals surface area contributed by atoms with Crippen LogP contribution in [0.3, 0.4) is 0 Å². The smallest absolute Gasteiger partial charge is 0.410 e. The standard InChI is InChI=1S/C25H30N2O2/c1-19-7-9-22-21(15-19)8-10-23(22)27-17-25(18-27)11-13-26(14-12-25)24(28)29-16-20-5-3-2-4-6-20/h2-7,9,15,23H,8,10-14,16-18H2,1H3. The van der Waals surface area contributed by atoms with Gasteiger partial charge in [-0.25, -0.2) is 4.79 Å². The lowest BCUT2D eigenvalue weighted by atomic mass is 9.71. The number of hydrogen-bond acceptors (Lipinski definition) is 3. The van der Waals surface area contributed by atoms with Crippen LogP contribution in [0.15, 0.2) is 48.5 Å². The van der Waals surface area contributed by atoms with Gasteiger partial charge in [0.1, 0.15) is 6.61 Å². The molecule has 3 aliphatic rings. The predicted octanol–water partition coefficient (Wildman–Crippen LogP) is 4.72. The number of likely N-dealkylation sites (tertiary alicyclic amines) is 2. The highest BCUT2D eigenvalue weighted by molar-refractivity contribution is 5.67. The summed E-state index contributed by atoms with van der Waals surface area (Å²) in [5.74, 6) is 0. The lowest BCUT2D eigenvalue weighted by molar-refractivity contribution is -0.0681. The highest BCUT2D eigenvalue weighted by Gasteiger charge is 2.48. The molecule has 2 aliphatic heterocycles. The Morgan fingerprint density at radius 1 is 1.10 bits per heavy atom. The first-order chi connectivity index (χ1) is 14.1. The van der Waals surface area contributed by atoms with Crippen molar-refractivity contribution in [3.63, 3.8) is 0 Å². The number of carbonyl (C=O) groups excluding carboxylic acids is 1. The lowest BCUT2D eigenvalue weighted by Crippen LogP contribution is -2.61. The van der Waals surface area contributed by atoms with Gasteiger partial charge in [0.25, 0.3) is 0 Å². The number of fused-ring (bicyclic) bond motifs is 1. The Kier molecular flexibility index (Phi) is 4.83. The largest absolute Gasteiger partial charge is 0.445 e. The Morgan fingerprint density at radius 3 is 2.62 bits per heavy atom. The monoisotopic (exact) mass is 390 g/mol. The van der Waals surface area contributed by atoms with Crippen molar-refractivity contribution in [3.05, 3.63) is 70.8 Å². The average Bonchev–Trinajstić information content (AvgIpc) is 3.13. The molecule has 2 aromatic rings. The van der Waals surface area contributed by atoms with Gasteiger partial charge in [-0.2, -0.15) is 0 Å². The molecule has 0 radical (unpaired) electrons. The molecule has 2 aromatic carbocycles. The number of rotatable bonds is 3. The highest BCUT2D eigenvalue weighted by Crippen LogP contribution is 2.47. The summed E-state index contributed by atoms with van der Waals surface area (Å²) in [5, 5.41) is 0. The van der Waals surface area contributed by atoms with Gasteiger partial charge in [0, 0.05) is 32.2 Å². The van der Waals surface area contributed by atoms with Crippen LogP contribution in [0.25, 0.3) is 0 Å². The van der Waals surface area contributed by atoms with Gasteiger partial charge in [-0.1, -0.05) is 54.1 Å². The summed E-state index contributed by atoms with van der Waals surface area (Å²) < 4.78 is 5.52. The quantitative estimate of drug-likeness (QED) is 0.760. The molecule has 0 saturated carbocycles. The fourth-order valence-corrected chi connectivity index (χ4v) is 5.43. The first-order valence-electron chi connectivity index (χ1n) is 10.9. The molecule has 0 N–H and O–H groups in total. The molecule has 2 fully saturated rings. The molecule has 152 valence electrons. The number of hydrogen-bond donors (Lipinski definition) is 0. The third-order valence-electron chi connectivity index (χ3n) is 7.15. The summed E-state index contributed by atoms with van der Waals surface area (Å²) in [6.45, 7) is 6.54. The number of ether oxygens (including phenoxy) is 1. The molecule has 1 unspecified atom stereocenters. The van der Waals surface area contributed by atoms with Crippen molar-refractivity contribution in [1.29, 1.82) is 0 Å². The highest BCUT2D eigenvalue weighted by atomic mass is 16.6. The van der Waals surface area contributed by atoms with Crippen LogP contribution in [0.1, 0.15) is 47.6 Å². The second-order valence-corrected chi connectivity index (χ2v) is 9.19. The van der Waals surface area contributed by atoms with Crippen molar-refractivity contribution < 1.29 is 9.53 Å². The Labute approximate surface area is 173 Å².